The fourth-order valence-corrected chi connectivity index (χ4v) is 3.70. The summed E-state index contributed by atoms with van der Waals surface area (Å²) in [6, 6.07) is 8.53. The van der Waals surface area contributed by atoms with E-state index in [0.717, 1.165) is 25.7 Å². The fraction of sp³-hybridized carbons (Fsp3) is 0.588. The van der Waals surface area contributed by atoms with Gasteiger partial charge in [0.2, 0.25) is 0 Å². The molecule has 1 nitrogen and oxygen atoms in total. The Morgan fingerprint density at radius 1 is 0.944 bits per heavy atom. The molecule has 0 spiro atoms. The Bertz CT molecular complexity index is 427. The number of hydrogen-bond donors (Lipinski definition) is 0. The third-order valence-corrected chi connectivity index (χ3v) is 4.73. The molecule has 0 N–H and O–H groups in total. The number of Topliss-reactive ketones (excluding diaryl/α,β-unsaturated/α-hetero) is 1. The normalized spacial score (nSPS) is 24.6. The van der Waals surface area contributed by atoms with Crippen LogP contribution >= 0.6 is 0 Å². The first kappa shape index (κ1) is 12.0. The number of ketones is 1. The van der Waals surface area contributed by atoms with Gasteiger partial charge in [0.15, 0.2) is 0 Å². The standard InChI is InChI=1S/C17H22O/c18-17(14-8-3-1-2-4-9-14)16-12-11-13-7-5-6-10-15(13)16/h5-7,10,14,16H,1-4,8-9,11-12H2. The molecule has 2 aliphatic carbocycles. The molecule has 1 atom stereocenters. The summed E-state index contributed by atoms with van der Waals surface area (Å²) in [5.74, 6) is 1.11. The maximum Gasteiger partial charge on any atom is 0.143 e. The molecule has 1 aromatic rings. The van der Waals surface area contributed by atoms with Crippen molar-refractivity contribution in [1.82, 2.24) is 0 Å². The van der Waals surface area contributed by atoms with E-state index in [2.05, 4.69) is 24.3 Å². The zero-order chi connectivity index (χ0) is 12.4. The first-order valence-electron chi connectivity index (χ1n) is 7.48. The molecule has 96 valence electrons. The second-order valence-electron chi connectivity index (χ2n) is 5.88. The summed E-state index contributed by atoms with van der Waals surface area (Å²) in [6.07, 6.45) is 9.58. The molecule has 1 heteroatoms. The van der Waals surface area contributed by atoms with Gasteiger partial charge in [0.25, 0.3) is 0 Å². The van der Waals surface area contributed by atoms with E-state index >= 15 is 0 Å². The molecule has 0 radical (unpaired) electrons. The summed E-state index contributed by atoms with van der Waals surface area (Å²) < 4.78 is 0. The second kappa shape index (κ2) is 5.26. The van der Waals surface area contributed by atoms with Gasteiger partial charge in [-0.15, -0.1) is 0 Å². The van der Waals surface area contributed by atoms with E-state index in [1.807, 2.05) is 0 Å². The highest BCUT2D eigenvalue weighted by atomic mass is 16.1. The Kier molecular flexibility index (Phi) is 3.49. The largest absolute Gasteiger partial charge is 0.299 e. The molecule has 3 rings (SSSR count). The van der Waals surface area contributed by atoms with Gasteiger partial charge in [0.1, 0.15) is 5.78 Å². The van der Waals surface area contributed by atoms with E-state index in [0.29, 0.717) is 11.7 Å². The van der Waals surface area contributed by atoms with E-state index < -0.39 is 0 Å². The van der Waals surface area contributed by atoms with Crippen LogP contribution in [0.5, 0.6) is 0 Å². The summed E-state index contributed by atoms with van der Waals surface area (Å²) in [5, 5.41) is 0. The molecule has 1 fully saturated rings. The Morgan fingerprint density at radius 2 is 1.67 bits per heavy atom. The van der Waals surface area contributed by atoms with E-state index in [1.54, 1.807) is 0 Å². The van der Waals surface area contributed by atoms with Crippen LogP contribution in [0.1, 0.15) is 62.0 Å². The van der Waals surface area contributed by atoms with E-state index in [1.165, 1.54) is 36.8 Å². The molecule has 0 bridgehead atoms. The van der Waals surface area contributed by atoms with Gasteiger partial charge in [0, 0.05) is 11.8 Å². The quantitative estimate of drug-likeness (QED) is 0.708. The SMILES string of the molecule is O=C(C1CCCCCC1)C1CCc2ccccc21. The fourth-order valence-electron chi connectivity index (χ4n) is 3.70. The lowest BCUT2D eigenvalue weighted by atomic mass is 9.84. The smallest absolute Gasteiger partial charge is 0.143 e. The summed E-state index contributed by atoms with van der Waals surface area (Å²) in [6.45, 7) is 0. The number of hydrogen-bond acceptors (Lipinski definition) is 1. The van der Waals surface area contributed by atoms with Gasteiger partial charge in [-0.25, -0.2) is 0 Å². The van der Waals surface area contributed by atoms with Crippen LogP contribution in [0.4, 0.5) is 0 Å². The molecular weight excluding hydrogens is 220 g/mol. The minimum Gasteiger partial charge on any atom is -0.299 e. The van der Waals surface area contributed by atoms with Gasteiger partial charge in [-0.1, -0.05) is 49.9 Å². The Balaban J connectivity index is 1.77. The van der Waals surface area contributed by atoms with Crippen molar-refractivity contribution in [2.45, 2.75) is 57.3 Å². The van der Waals surface area contributed by atoms with E-state index in [-0.39, 0.29) is 5.92 Å². The van der Waals surface area contributed by atoms with Crippen LogP contribution in [0.3, 0.4) is 0 Å². The summed E-state index contributed by atoms with van der Waals surface area (Å²) in [4.78, 5) is 12.7. The number of aryl methyl sites for hydroxylation is 1. The van der Waals surface area contributed by atoms with Crippen molar-refractivity contribution in [2.24, 2.45) is 5.92 Å². The zero-order valence-electron chi connectivity index (χ0n) is 11.0. The third kappa shape index (κ3) is 2.23. The highest BCUT2D eigenvalue weighted by molar-refractivity contribution is 5.89. The lowest BCUT2D eigenvalue weighted by Gasteiger charge is -2.18. The molecule has 0 amide bonds. The highest BCUT2D eigenvalue weighted by Gasteiger charge is 2.32. The Hall–Kier alpha value is -1.11. The Labute approximate surface area is 110 Å². The molecule has 18 heavy (non-hydrogen) atoms. The topological polar surface area (TPSA) is 17.1 Å². The van der Waals surface area contributed by atoms with Crippen molar-refractivity contribution in [3.05, 3.63) is 35.4 Å². The molecule has 0 heterocycles. The molecule has 1 aromatic carbocycles. The van der Waals surface area contributed by atoms with Crippen LogP contribution in [0.15, 0.2) is 24.3 Å². The van der Waals surface area contributed by atoms with Crippen LogP contribution in [0, 0.1) is 5.92 Å². The summed E-state index contributed by atoms with van der Waals surface area (Å²) in [5.41, 5.74) is 2.73. The highest BCUT2D eigenvalue weighted by Crippen LogP contribution is 2.37. The molecule has 1 saturated carbocycles. The third-order valence-electron chi connectivity index (χ3n) is 4.73. The molecular formula is C17H22O. The lowest BCUT2D eigenvalue weighted by Crippen LogP contribution is -2.20. The molecule has 0 aliphatic heterocycles. The van der Waals surface area contributed by atoms with Crippen LogP contribution in [0.25, 0.3) is 0 Å². The predicted molar refractivity (Wildman–Crippen MR) is 73.7 cm³/mol. The number of carbonyl (C=O) groups is 1. The molecule has 0 aromatic heterocycles. The number of fused-ring (bicyclic) bond motifs is 1. The van der Waals surface area contributed by atoms with Gasteiger partial charge in [-0.2, -0.15) is 0 Å². The van der Waals surface area contributed by atoms with Crippen molar-refractivity contribution in [3.63, 3.8) is 0 Å². The van der Waals surface area contributed by atoms with Crippen molar-refractivity contribution >= 4 is 5.78 Å². The van der Waals surface area contributed by atoms with Crippen molar-refractivity contribution < 1.29 is 4.79 Å². The zero-order valence-corrected chi connectivity index (χ0v) is 11.0. The Morgan fingerprint density at radius 3 is 2.44 bits per heavy atom. The van der Waals surface area contributed by atoms with Crippen molar-refractivity contribution in [3.8, 4) is 0 Å². The number of carbonyl (C=O) groups excluding carboxylic acids is 1. The minimum absolute atomic E-state index is 0.212. The van der Waals surface area contributed by atoms with Crippen molar-refractivity contribution in [2.75, 3.05) is 0 Å². The average molecular weight is 242 g/mol. The number of rotatable bonds is 2. The van der Waals surface area contributed by atoms with E-state index in [4.69, 9.17) is 0 Å². The maximum absolute atomic E-state index is 12.7. The van der Waals surface area contributed by atoms with Gasteiger partial charge in [-0.05, 0) is 36.8 Å². The molecule has 0 saturated heterocycles. The maximum atomic E-state index is 12.7. The number of benzene rings is 1. The van der Waals surface area contributed by atoms with Crippen LogP contribution in [-0.2, 0) is 11.2 Å². The second-order valence-corrected chi connectivity index (χ2v) is 5.88. The van der Waals surface area contributed by atoms with Gasteiger partial charge in [-0.3, -0.25) is 4.79 Å². The van der Waals surface area contributed by atoms with Gasteiger partial charge < -0.3 is 0 Å². The lowest BCUT2D eigenvalue weighted by molar-refractivity contribution is -0.124. The summed E-state index contributed by atoms with van der Waals surface area (Å²) in [7, 11) is 0. The summed E-state index contributed by atoms with van der Waals surface area (Å²) >= 11 is 0. The van der Waals surface area contributed by atoms with Crippen LogP contribution in [-0.4, -0.2) is 5.78 Å². The molecule has 2 aliphatic rings. The van der Waals surface area contributed by atoms with Crippen LogP contribution in [0.2, 0.25) is 0 Å². The molecule has 1 unspecified atom stereocenters. The minimum atomic E-state index is 0.212. The van der Waals surface area contributed by atoms with Gasteiger partial charge >= 0.3 is 0 Å². The first-order chi connectivity index (χ1) is 8.86. The van der Waals surface area contributed by atoms with E-state index in [9.17, 15) is 4.79 Å². The van der Waals surface area contributed by atoms with Crippen molar-refractivity contribution in [1.29, 1.82) is 0 Å². The van der Waals surface area contributed by atoms with Gasteiger partial charge in [0.05, 0.1) is 0 Å². The first-order valence-corrected chi connectivity index (χ1v) is 7.48. The average Bonchev–Trinajstić information content (AvgIpc) is 2.65. The predicted octanol–water partition coefficient (Wildman–Crippen LogP) is 4.26. The van der Waals surface area contributed by atoms with Crippen LogP contribution < -0.4 is 0 Å². The monoisotopic (exact) mass is 242 g/mol.